The van der Waals surface area contributed by atoms with Crippen LogP contribution < -0.4 is 0 Å². The van der Waals surface area contributed by atoms with E-state index in [1.807, 2.05) is 6.92 Å². The maximum atomic E-state index is 3.86. The van der Waals surface area contributed by atoms with Crippen LogP contribution in [-0.2, 0) is 36.3 Å². The zero-order chi connectivity index (χ0) is 4.41. The number of imidazole rings is 1. The smallest absolute Gasteiger partial charge is 0.102 e. The predicted molar refractivity (Wildman–Crippen MR) is 23.3 cm³/mol. The number of hydrogen-bond donors (Lipinski definition) is 1. The van der Waals surface area contributed by atoms with Crippen LogP contribution in [0.4, 0.5) is 0 Å². The minimum absolute atomic E-state index is 0. The van der Waals surface area contributed by atoms with Crippen molar-refractivity contribution in [3.05, 3.63) is 18.2 Å². The van der Waals surface area contributed by atoms with Gasteiger partial charge in [-0.3, -0.25) is 0 Å². The third-order valence-corrected chi connectivity index (χ3v) is 0.635. The Bertz CT molecular complexity index is 118. The van der Waals surface area contributed by atoms with Crippen molar-refractivity contribution in [3.8, 4) is 0 Å². The van der Waals surface area contributed by atoms with Crippen LogP contribution in [0, 0.1) is 6.92 Å². The molecule has 0 bridgehead atoms. The Morgan fingerprint density at radius 1 is 1.62 bits per heavy atom. The van der Waals surface area contributed by atoms with Crippen LogP contribution in [-0.4, -0.2) is 9.97 Å². The van der Waals surface area contributed by atoms with Gasteiger partial charge in [0.25, 0.3) is 0 Å². The van der Waals surface area contributed by atoms with E-state index >= 15 is 0 Å². The van der Waals surface area contributed by atoms with Gasteiger partial charge in [-0.2, -0.15) is 0 Å². The Kier molecular flexibility index (Phi) is 7.65. The average Bonchev–Trinajstić information content (AvgIpc) is 1.86. The second-order valence-electron chi connectivity index (χ2n) is 1.17. The fourth-order valence-electron chi connectivity index (χ4n) is 0.344. The number of H-pyrrole nitrogens is 1. The maximum Gasteiger partial charge on any atom is 0.102 e. The van der Waals surface area contributed by atoms with Gasteiger partial charge in [-0.25, -0.2) is 4.98 Å². The Hall–Kier alpha value is 0.340. The zero-order valence-corrected chi connectivity index (χ0v) is 8.65. The molecule has 0 spiro atoms. The number of hydrogen-bond acceptors (Lipinski definition) is 1. The van der Waals surface area contributed by atoms with E-state index in [2.05, 4.69) is 9.97 Å². The first kappa shape index (κ1) is 11.2. The second-order valence-corrected chi connectivity index (χ2v) is 1.17. The Balaban J connectivity index is 0. The molecular formula is C4H6CoN2Zn. The Labute approximate surface area is 71.4 Å². The van der Waals surface area contributed by atoms with Crippen molar-refractivity contribution in [2.45, 2.75) is 6.92 Å². The molecule has 0 aromatic carbocycles. The minimum Gasteiger partial charge on any atom is -0.349 e. The summed E-state index contributed by atoms with van der Waals surface area (Å²) in [6.07, 6.45) is 3.53. The Morgan fingerprint density at radius 2 is 2.25 bits per heavy atom. The molecule has 0 amide bonds. The molecule has 8 heavy (non-hydrogen) atoms. The molecule has 0 aliphatic rings. The molecule has 0 saturated heterocycles. The van der Waals surface area contributed by atoms with E-state index in [1.165, 1.54) is 0 Å². The SMILES string of the molecule is Cc1ncc[nH]1.[Co].[Zn]. The van der Waals surface area contributed by atoms with E-state index in [-0.39, 0.29) is 36.3 Å². The number of aryl methyl sites for hydroxylation is 1. The van der Waals surface area contributed by atoms with Crippen LogP contribution in [0.25, 0.3) is 0 Å². The molecule has 0 aliphatic heterocycles. The number of nitrogens with zero attached hydrogens (tertiary/aromatic N) is 1. The van der Waals surface area contributed by atoms with Gasteiger partial charge in [0.05, 0.1) is 0 Å². The van der Waals surface area contributed by atoms with Crippen molar-refractivity contribution in [2.75, 3.05) is 0 Å². The summed E-state index contributed by atoms with van der Waals surface area (Å²) in [6, 6.07) is 0. The largest absolute Gasteiger partial charge is 0.349 e. The van der Waals surface area contributed by atoms with Gasteiger partial charge in [0.15, 0.2) is 0 Å². The van der Waals surface area contributed by atoms with Crippen molar-refractivity contribution in [2.24, 2.45) is 0 Å². The van der Waals surface area contributed by atoms with Crippen LogP contribution in [0.1, 0.15) is 5.82 Å². The summed E-state index contributed by atoms with van der Waals surface area (Å²) in [5.41, 5.74) is 0. The van der Waals surface area contributed by atoms with E-state index in [0.29, 0.717) is 0 Å². The average molecular weight is 206 g/mol. The standard InChI is InChI=1S/C4H6N2.Co.Zn/c1-4-5-2-3-6-4;;/h2-3H,1H3,(H,5,6);;. The normalized spacial score (nSPS) is 6.62. The number of aromatic nitrogens is 2. The third kappa shape index (κ3) is 3.36. The summed E-state index contributed by atoms with van der Waals surface area (Å²) in [7, 11) is 0. The third-order valence-electron chi connectivity index (χ3n) is 0.635. The summed E-state index contributed by atoms with van der Waals surface area (Å²) in [4.78, 5) is 6.75. The molecule has 1 heterocycles. The number of aromatic amines is 1. The van der Waals surface area contributed by atoms with Gasteiger partial charge < -0.3 is 4.98 Å². The molecule has 1 aromatic rings. The Morgan fingerprint density at radius 3 is 2.38 bits per heavy atom. The van der Waals surface area contributed by atoms with Gasteiger partial charge in [-0.1, -0.05) is 0 Å². The van der Waals surface area contributed by atoms with Crippen molar-refractivity contribution in [1.82, 2.24) is 9.97 Å². The summed E-state index contributed by atoms with van der Waals surface area (Å²) in [6.45, 7) is 1.92. The summed E-state index contributed by atoms with van der Waals surface area (Å²) >= 11 is 0. The van der Waals surface area contributed by atoms with Crippen LogP contribution in [0.15, 0.2) is 12.4 Å². The molecule has 0 unspecified atom stereocenters. The van der Waals surface area contributed by atoms with E-state index in [0.717, 1.165) is 5.82 Å². The van der Waals surface area contributed by atoms with Crippen LogP contribution >= 0.6 is 0 Å². The first-order valence-corrected chi connectivity index (χ1v) is 1.85. The molecule has 4 heteroatoms. The van der Waals surface area contributed by atoms with E-state index in [1.54, 1.807) is 12.4 Å². The molecule has 1 N–H and O–H groups in total. The van der Waals surface area contributed by atoms with Gasteiger partial charge in [0, 0.05) is 48.7 Å². The summed E-state index contributed by atoms with van der Waals surface area (Å²) in [5, 5.41) is 0. The maximum absolute atomic E-state index is 3.86. The van der Waals surface area contributed by atoms with Crippen LogP contribution in [0.3, 0.4) is 0 Å². The van der Waals surface area contributed by atoms with Gasteiger partial charge in [0.2, 0.25) is 0 Å². The molecule has 0 saturated carbocycles. The molecule has 1 radical (unpaired) electrons. The van der Waals surface area contributed by atoms with Gasteiger partial charge >= 0.3 is 0 Å². The zero-order valence-electron chi connectivity index (χ0n) is 4.64. The van der Waals surface area contributed by atoms with Crippen LogP contribution in [0.5, 0.6) is 0 Å². The number of nitrogens with one attached hydrogen (secondary N) is 1. The minimum atomic E-state index is 0. The fourth-order valence-corrected chi connectivity index (χ4v) is 0.344. The van der Waals surface area contributed by atoms with Crippen molar-refractivity contribution < 1.29 is 36.3 Å². The van der Waals surface area contributed by atoms with E-state index in [4.69, 9.17) is 0 Å². The topological polar surface area (TPSA) is 28.7 Å². The van der Waals surface area contributed by atoms with Crippen LogP contribution in [0.2, 0.25) is 0 Å². The van der Waals surface area contributed by atoms with Gasteiger partial charge in [-0.05, 0) is 6.92 Å². The summed E-state index contributed by atoms with van der Waals surface area (Å²) < 4.78 is 0. The molecule has 2 nitrogen and oxygen atoms in total. The molecule has 0 atom stereocenters. The quantitative estimate of drug-likeness (QED) is 0.623. The van der Waals surface area contributed by atoms with E-state index < -0.39 is 0 Å². The number of rotatable bonds is 0. The molecule has 43 valence electrons. The fraction of sp³-hybridized carbons (Fsp3) is 0.250. The first-order chi connectivity index (χ1) is 2.89. The predicted octanol–water partition coefficient (Wildman–Crippen LogP) is 0.713. The van der Waals surface area contributed by atoms with Crippen molar-refractivity contribution in [1.29, 1.82) is 0 Å². The molecular weight excluding hydrogens is 200 g/mol. The first-order valence-electron chi connectivity index (χ1n) is 1.85. The van der Waals surface area contributed by atoms with Gasteiger partial charge in [-0.15, -0.1) is 0 Å². The molecule has 0 aliphatic carbocycles. The van der Waals surface area contributed by atoms with Gasteiger partial charge in [0.1, 0.15) is 5.82 Å². The second kappa shape index (κ2) is 5.48. The molecule has 1 aromatic heterocycles. The molecule has 1 rings (SSSR count). The monoisotopic (exact) mass is 205 g/mol. The van der Waals surface area contributed by atoms with Crippen molar-refractivity contribution in [3.63, 3.8) is 0 Å². The van der Waals surface area contributed by atoms with E-state index in [9.17, 15) is 0 Å². The molecule has 0 fully saturated rings. The van der Waals surface area contributed by atoms with Crippen molar-refractivity contribution >= 4 is 0 Å². The summed E-state index contributed by atoms with van der Waals surface area (Å²) in [5.74, 6) is 0.968.